The van der Waals surface area contributed by atoms with Gasteiger partial charge in [-0.1, -0.05) is 5.57 Å². The Bertz CT molecular complexity index is 454. The van der Waals surface area contributed by atoms with Crippen LogP contribution in [0.1, 0.15) is 31.9 Å². The van der Waals surface area contributed by atoms with Gasteiger partial charge in [0.15, 0.2) is 0 Å². The van der Waals surface area contributed by atoms with Crippen LogP contribution in [0.3, 0.4) is 0 Å². The second kappa shape index (κ2) is 6.16. The molecule has 0 radical (unpaired) electrons. The van der Waals surface area contributed by atoms with E-state index in [0.717, 1.165) is 5.57 Å². The maximum atomic E-state index is 10.7. The summed E-state index contributed by atoms with van der Waals surface area (Å²) < 4.78 is 5.50. The van der Waals surface area contributed by atoms with Crippen molar-refractivity contribution in [2.24, 2.45) is 0 Å². The Hall–Kier alpha value is -1.88. The average Bonchev–Trinajstić information content (AvgIpc) is 2.28. The number of aliphatic hydroxyl groups excluding tert-OH is 1. The van der Waals surface area contributed by atoms with E-state index in [4.69, 9.17) is 4.74 Å². The van der Waals surface area contributed by atoms with Gasteiger partial charge in [0.05, 0.1) is 17.6 Å². The highest BCUT2D eigenvalue weighted by atomic mass is 16.6. The molecule has 5 nitrogen and oxygen atoms in total. The van der Waals surface area contributed by atoms with Gasteiger partial charge in [-0.25, -0.2) is 0 Å². The Labute approximate surface area is 106 Å². The maximum absolute atomic E-state index is 10.7. The van der Waals surface area contributed by atoms with Crippen molar-refractivity contribution in [3.8, 4) is 5.75 Å². The molecular weight excluding hydrogens is 234 g/mol. The molecule has 1 unspecified atom stereocenters. The number of nitro groups is 1. The lowest BCUT2D eigenvalue weighted by atomic mass is 10.1. The van der Waals surface area contributed by atoms with Crippen LogP contribution in [-0.2, 0) is 0 Å². The highest BCUT2D eigenvalue weighted by Crippen LogP contribution is 2.29. The van der Waals surface area contributed by atoms with Crippen molar-refractivity contribution in [1.29, 1.82) is 0 Å². The quantitative estimate of drug-likeness (QED) is 0.479. The van der Waals surface area contributed by atoms with Gasteiger partial charge in [0, 0.05) is 24.1 Å². The third-order valence-corrected chi connectivity index (χ3v) is 2.44. The molecular formula is C13H17NO4. The minimum absolute atomic E-state index is 0.0573. The third-order valence-electron chi connectivity index (χ3n) is 2.44. The van der Waals surface area contributed by atoms with E-state index < -0.39 is 11.0 Å². The topological polar surface area (TPSA) is 72.6 Å². The Balaban J connectivity index is 2.90. The Morgan fingerprint density at radius 2 is 2.28 bits per heavy atom. The summed E-state index contributed by atoms with van der Waals surface area (Å²) in [5.74, 6) is 0.469. The lowest BCUT2D eigenvalue weighted by Crippen LogP contribution is -2.03. The zero-order valence-corrected chi connectivity index (χ0v) is 10.5. The van der Waals surface area contributed by atoms with E-state index >= 15 is 0 Å². The van der Waals surface area contributed by atoms with Crippen LogP contribution in [0.2, 0.25) is 0 Å². The lowest BCUT2D eigenvalue weighted by molar-refractivity contribution is -0.385. The fraction of sp³-hybridized carbons (Fsp3) is 0.385. The van der Waals surface area contributed by atoms with Gasteiger partial charge in [-0.15, -0.1) is 6.58 Å². The lowest BCUT2D eigenvalue weighted by Gasteiger charge is -2.13. The van der Waals surface area contributed by atoms with Crippen LogP contribution in [0.5, 0.6) is 5.75 Å². The van der Waals surface area contributed by atoms with Crippen LogP contribution in [0.4, 0.5) is 5.69 Å². The summed E-state index contributed by atoms with van der Waals surface area (Å²) in [6, 6.07) is 4.21. The van der Waals surface area contributed by atoms with Crippen LogP contribution in [0, 0.1) is 10.1 Å². The monoisotopic (exact) mass is 251 g/mol. The van der Waals surface area contributed by atoms with Crippen molar-refractivity contribution in [2.45, 2.75) is 26.4 Å². The van der Waals surface area contributed by atoms with E-state index in [1.165, 1.54) is 18.2 Å². The fourth-order valence-corrected chi connectivity index (χ4v) is 1.44. The Morgan fingerprint density at radius 3 is 2.78 bits per heavy atom. The third kappa shape index (κ3) is 3.85. The van der Waals surface area contributed by atoms with E-state index in [2.05, 4.69) is 6.58 Å². The molecule has 0 aliphatic rings. The van der Waals surface area contributed by atoms with Crippen molar-refractivity contribution in [3.05, 3.63) is 46.0 Å². The molecule has 0 saturated carbocycles. The van der Waals surface area contributed by atoms with Gasteiger partial charge in [-0.2, -0.15) is 0 Å². The number of hydrogen-bond acceptors (Lipinski definition) is 4. The SMILES string of the molecule is C=C(C)CCOc1ccc([N+](=O)[O-])cc1C(C)O. The fourth-order valence-electron chi connectivity index (χ4n) is 1.44. The minimum atomic E-state index is -0.815. The number of benzene rings is 1. The smallest absolute Gasteiger partial charge is 0.270 e. The highest BCUT2D eigenvalue weighted by molar-refractivity contribution is 5.44. The van der Waals surface area contributed by atoms with E-state index in [1.807, 2.05) is 6.92 Å². The molecule has 1 rings (SSSR count). The van der Waals surface area contributed by atoms with Crippen LogP contribution < -0.4 is 4.74 Å². The normalized spacial score (nSPS) is 11.9. The van der Waals surface area contributed by atoms with Crippen LogP contribution in [0.25, 0.3) is 0 Å². The molecule has 0 heterocycles. The first-order chi connectivity index (χ1) is 8.41. The van der Waals surface area contributed by atoms with Gasteiger partial charge in [0.2, 0.25) is 0 Å². The molecule has 0 saturated heterocycles. The molecule has 1 aromatic rings. The molecule has 0 aliphatic heterocycles. The van der Waals surface area contributed by atoms with Gasteiger partial charge in [0.25, 0.3) is 5.69 Å². The second-order valence-electron chi connectivity index (χ2n) is 4.21. The summed E-state index contributed by atoms with van der Waals surface area (Å²) in [6.07, 6.45) is -0.110. The maximum Gasteiger partial charge on any atom is 0.270 e. The van der Waals surface area contributed by atoms with Gasteiger partial charge in [-0.05, 0) is 19.9 Å². The summed E-state index contributed by atoms with van der Waals surface area (Å²) >= 11 is 0. The molecule has 18 heavy (non-hydrogen) atoms. The van der Waals surface area contributed by atoms with Crippen LogP contribution in [-0.4, -0.2) is 16.6 Å². The zero-order valence-electron chi connectivity index (χ0n) is 10.5. The molecule has 0 fully saturated rings. The van der Waals surface area contributed by atoms with E-state index in [0.29, 0.717) is 24.3 Å². The highest BCUT2D eigenvalue weighted by Gasteiger charge is 2.15. The van der Waals surface area contributed by atoms with Crippen LogP contribution in [0.15, 0.2) is 30.4 Å². The van der Waals surface area contributed by atoms with Gasteiger partial charge in [0.1, 0.15) is 5.75 Å². The van der Waals surface area contributed by atoms with Crippen molar-refractivity contribution in [3.63, 3.8) is 0 Å². The first-order valence-corrected chi connectivity index (χ1v) is 5.65. The summed E-state index contributed by atoms with van der Waals surface area (Å²) in [5.41, 5.74) is 1.36. The number of aliphatic hydroxyl groups is 1. The van der Waals surface area contributed by atoms with E-state index in [1.54, 1.807) is 6.92 Å². The second-order valence-corrected chi connectivity index (χ2v) is 4.21. The predicted molar refractivity (Wildman–Crippen MR) is 68.7 cm³/mol. The molecule has 1 N–H and O–H groups in total. The van der Waals surface area contributed by atoms with Crippen LogP contribution >= 0.6 is 0 Å². The van der Waals surface area contributed by atoms with Crippen molar-refractivity contribution >= 4 is 5.69 Å². The molecule has 0 spiro atoms. The number of nitrogens with zero attached hydrogens (tertiary/aromatic N) is 1. The standard InChI is InChI=1S/C13H17NO4/c1-9(2)6-7-18-13-5-4-11(14(16)17)8-12(13)10(3)15/h4-5,8,10,15H,1,6-7H2,2-3H3. The summed E-state index contributed by atoms with van der Waals surface area (Å²) in [7, 11) is 0. The number of nitro benzene ring substituents is 1. The first-order valence-electron chi connectivity index (χ1n) is 5.65. The van der Waals surface area contributed by atoms with Crippen molar-refractivity contribution in [1.82, 2.24) is 0 Å². The summed E-state index contributed by atoms with van der Waals surface area (Å²) in [4.78, 5) is 10.2. The molecule has 0 aliphatic carbocycles. The number of non-ortho nitro benzene ring substituents is 1. The summed E-state index contributed by atoms with van der Waals surface area (Å²) in [6.45, 7) is 7.64. The number of rotatable bonds is 6. The molecule has 0 bridgehead atoms. The first kappa shape index (κ1) is 14.2. The molecule has 1 aromatic carbocycles. The average molecular weight is 251 g/mol. The van der Waals surface area contributed by atoms with Gasteiger partial charge >= 0.3 is 0 Å². The Kier molecular flexibility index (Phi) is 4.85. The molecule has 0 amide bonds. The molecule has 1 atom stereocenters. The number of hydrogen-bond donors (Lipinski definition) is 1. The molecule has 98 valence electrons. The van der Waals surface area contributed by atoms with Crippen molar-refractivity contribution in [2.75, 3.05) is 6.61 Å². The van der Waals surface area contributed by atoms with E-state index in [9.17, 15) is 15.2 Å². The largest absolute Gasteiger partial charge is 0.493 e. The zero-order chi connectivity index (χ0) is 13.7. The van der Waals surface area contributed by atoms with Gasteiger partial charge < -0.3 is 9.84 Å². The Morgan fingerprint density at radius 1 is 1.61 bits per heavy atom. The van der Waals surface area contributed by atoms with Crippen molar-refractivity contribution < 1.29 is 14.8 Å². The number of ether oxygens (including phenoxy) is 1. The minimum Gasteiger partial charge on any atom is -0.493 e. The van der Waals surface area contributed by atoms with Gasteiger partial charge in [-0.3, -0.25) is 10.1 Å². The molecule has 0 aromatic heterocycles. The van der Waals surface area contributed by atoms with E-state index in [-0.39, 0.29) is 5.69 Å². The molecule has 5 heteroatoms. The summed E-state index contributed by atoms with van der Waals surface area (Å²) in [5, 5.41) is 20.3. The predicted octanol–water partition coefficient (Wildman–Crippen LogP) is 2.99.